The third-order valence-electron chi connectivity index (χ3n) is 4.14. The van der Waals surface area contributed by atoms with Gasteiger partial charge in [0, 0.05) is 24.5 Å². The Hall–Kier alpha value is -1.65. The third-order valence-corrected chi connectivity index (χ3v) is 5.22. The minimum atomic E-state index is -0.822. The number of carbonyl (C=O) groups is 1. The molecule has 0 bridgehead atoms. The molecule has 3 nitrogen and oxygen atoms in total. The lowest BCUT2D eigenvalue weighted by molar-refractivity contribution is 0.0702. The highest BCUT2D eigenvalue weighted by atomic mass is 32.1. The molecule has 3 rings (SSSR count). The van der Waals surface area contributed by atoms with Gasteiger partial charge in [0.2, 0.25) is 0 Å². The van der Waals surface area contributed by atoms with E-state index >= 15 is 0 Å². The number of hydrogen-bond donors (Lipinski definition) is 1. The average Bonchev–Trinajstić information content (AvgIpc) is 2.71. The summed E-state index contributed by atoms with van der Waals surface area (Å²) in [5.74, 6) is -0.822. The number of aromatic carboxylic acids is 1. The highest BCUT2D eigenvalue weighted by molar-refractivity contribution is 7.14. The monoisotopic (exact) mass is 301 g/mol. The van der Waals surface area contributed by atoms with Gasteiger partial charge in [0.15, 0.2) is 0 Å². The van der Waals surface area contributed by atoms with Gasteiger partial charge in [-0.05, 0) is 42.5 Å². The van der Waals surface area contributed by atoms with E-state index in [9.17, 15) is 4.79 Å². The largest absolute Gasteiger partial charge is 0.477 e. The first-order valence-electron chi connectivity index (χ1n) is 7.25. The van der Waals surface area contributed by atoms with Gasteiger partial charge in [0.1, 0.15) is 4.88 Å². The molecule has 0 saturated carbocycles. The summed E-state index contributed by atoms with van der Waals surface area (Å²) < 4.78 is 0. The summed E-state index contributed by atoms with van der Waals surface area (Å²) in [6, 6.07) is 10.5. The van der Waals surface area contributed by atoms with E-state index in [0.29, 0.717) is 4.88 Å². The van der Waals surface area contributed by atoms with Crippen LogP contribution in [-0.4, -0.2) is 29.1 Å². The van der Waals surface area contributed by atoms with Crippen LogP contribution in [0.1, 0.15) is 31.2 Å². The quantitative estimate of drug-likeness (QED) is 0.945. The first-order chi connectivity index (χ1) is 10.1. The summed E-state index contributed by atoms with van der Waals surface area (Å²) in [5, 5.41) is 9.09. The van der Waals surface area contributed by atoms with Gasteiger partial charge in [-0.1, -0.05) is 24.3 Å². The summed E-state index contributed by atoms with van der Waals surface area (Å²) >= 11 is 1.38. The van der Waals surface area contributed by atoms with Crippen LogP contribution < -0.4 is 0 Å². The smallest absolute Gasteiger partial charge is 0.345 e. The Morgan fingerprint density at radius 3 is 2.38 bits per heavy atom. The normalized spacial score (nSPS) is 15.5. The minimum absolute atomic E-state index is 0.445. The van der Waals surface area contributed by atoms with Crippen LogP contribution in [0.5, 0.6) is 0 Å². The van der Waals surface area contributed by atoms with Crippen molar-refractivity contribution in [1.29, 1.82) is 0 Å². The van der Waals surface area contributed by atoms with Crippen LogP contribution >= 0.6 is 11.3 Å². The third kappa shape index (κ3) is 3.17. The fourth-order valence-corrected chi connectivity index (χ4v) is 3.77. The molecule has 21 heavy (non-hydrogen) atoms. The molecule has 0 aliphatic carbocycles. The molecule has 2 heterocycles. The number of benzene rings is 1. The molecule has 1 aliphatic rings. The SMILES string of the molecule is Cc1sc(C(=O)O)cc1CN1CCc2ccccc2CC1. The van der Waals surface area contributed by atoms with Crippen molar-refractivity contribution in [3.8, 4) is 0 Å². The highest BCUT2D eigenvalue weighted by Gasteiger charge is 2.17. The van der Waals surface area contributed by atoms with Gasteiger partial charge in [0.25, 0.3) is 0 Å². The first-order valence-corrected chi connectivity index (χ1v) is 8.07. The number of nitrogens with zero attached hydrogens (tertiary/aromatic N) is 1. The van der Waals surface area contributed by atoms with Crippen LogP contribution in [0.4, 0.5) is 0 Å². The topological polar surface area (TPSA) is 40.5 Å². The molecule has 4 heteroatoms. The van der Waals surface area contributed by atoms with Crippen LogP contribution in [0.15, 0.2) is 30.3 Å². The van der Waals surface area contributed by atoms with Gasteiger partial charge in [-0.3, -0.25) is 4.90 Å². The number of aryl methyl sites for hydroxylation is 1. The van der Waals surface area contributed by atoms with Crippen LogP contribution in [0.25, 0.3) is 0 Å². The number of carboxylic acid groups (broad SMARTS) is 1. The fourth-order valence-electron chi connectivity index (χ4n) is 2.90. The molecular formula is C17H19NO2S. The summed E-state index contributed by atoms with van der Waals surface area (Å²) in [6.07, 6.45) is 2.15. The Labute approximate surface area is 128 Å². The molecule has 1 aromatic carbocycles. The predicted octanol–water partition coefficient (Wildman–Crippen LogP) is 3.36. The Morgan fingerprint density at radius 1 is 1.24 bits per heavy atom. The van der Waals surface area contributed by atoms with Crippen molar-refractivity contribution in [2.45, 2.75) is 26.3 Å². The summed E-state index contributed by atoms with van der Waals surface area (Å²) in [6.45, 7) is 4.94. The fraction of sp³-hybridized carbons (Fsp3) is 0.353. The van der Waals surface area contributed by atoms with E-state index in [-0.39, 0.29) is 0 Å². The zero-order chi connectivity index (χ0) is 14.8. The van der Waals surface area contributed by atoms with E-state index in [1.54, 1.807) is 0 Å². The Morgan fingerprint density at radius 2 is 1.86 bits per heavy atom. The highest BCUT2D eigenvalue weighted by Crippen LogP contribution is 2.24. The molecule has 0 spiro atoms. The summed E-state index contributed by atoms with van der Waals surface area (Å²) in [5.41, 5.74) is 4.06. The lowest BCUT2D eigenvalue weighted by Crippen LogP contribution is -2.26. The molecule has 0 atom stereocenters. The molecule has 110 valence electrons. The first kappa shape index (κ1) is 14.3. The van der Waals surface area contributed by atoms with Crippen molar-refractivity contribution in [1.82, 2.24) is 4.90 Å². The minimum Gasteiger partial charge on any atom is -0.477 e. The molecule has 1 aliphatic heterocycles. The second kappa shape index (κ2) is 6.00. The Kier molecular flexibility index (Phi) is 4.08. The van der Waals surface area contributed by atoms with Gasteiger partial charge in [-0.15, -0.1) is 11.3 Å². The maximum absolute atomic E-state index is 11.1. The molecule has 0 fully saturated rings. The zero-order valence-electron chi connectivity index (χ0n) is 12.1. The second-order valence-electron chi connectivity index (χ2n) is 5.54. The number of fused-ring (bicyclic) bond motifs is 1. The lowest BCUT2D eigenvalue weighted by Gasteiger charge is -2.19. The molecule has 0 radical (unpaired) electrons. The molecular weight excluding hydrogens is 282 g/mol. The molecule has 1 N–H and O–H groups in total. The van der Waals surface area contributed by atoms with Crippen molar-refractivity contribution in [3.63, 3.8) is 0 Å². The molecule has 0 unspecified atom stereocenters. The average molecular weight is 301 g/mol. The number of carboxylic acids is 1. The molecule has 2 aromatic rings. The zero-order valence-corrected chi connectivity index (χ0v) is 12.9. The van der Waals surface area contributed by atoms with Crippen molar-refractivity contribution in [3.05, 3.63) is 56.8 Å². The number of rotatable bonds is 3. The van der Waals surface area contributed by atoms with Gasteiger partial charge in [-0.25, -0.2) is 4.79 Å². The van der Waals surface area contributed by atoms with E-state index in [0.717, 1.165) is 42.9 Å². The molecule has 0 saturated heterocycles. The van der Waals surface area contributed by atoms with E-state index in [2.05, 4.69) is 29.2 Å². The van der Waals surface area contributed by atoms with Gasteiger partial charge in [0.05, 0.1) is 0 Å². The van der Waals surface area contributed by atoms with Crippen LogP contribution in [-0.2, 0) is 19.4 Å². The Bertz CT molecular complexity index is 636. The van der Waals surface area contributed by atoms with Crippen LogP contribution in [0, 0.1) is 6.92 Å². The lowest BCUT2D eigenvalue weighted by atomic mass is 10.0. The van der Waals surface area contributed by atoms with Gasteiger partial charge in [-0.2, -0.15) is 0 Å². The van der Waals surface area contributed by atoms with E-state index < -0.39 is 5.97 Å². The predicted molar refractivity (Wildman–Crippen MR) is 85.1 cm³/mol. The molecule has 1 aromatic heterocycles. The van der Waals surface area contributed by atoms with Crippen LogP contribution in [0.2, 0.25) is 0 Å². The van der Waals surface area contributed by atoms with Crippen molar-refractivity contribution >= 4 is 17.3 Å². The summed E-state index contributed by atoms with van der Waals surface area (Å²) in [4.78, 5) is 15.1. The van der Waals surface area contributed by atoms with Gasteiger partial charge >= 0.3 is 5.97 Å². The van der Waals surface area contributed by atoms with Crippen LogP contribution in [0.3, 0.4) is 0 Å². The molecule has 0 amide bonds. The van der Waals surface area contributed by atoms with E-state index in [1.807, 2.05) is 13.0 Å². The number of hydrogen-bond acceptors (Lipinski definition) is 3. The van der Waals surface area contributed by atoms with Crippen molar-refractivity contribution in [2.75, 3.05) is 13.1 Å². The summed E-state index contributed by atoms with van der Waals surface area (Å²) in [7, 11) is 0. The Balaban J connectivity index is 1.71. The standard InChI is InChI=1S/C17H19NO2S/c1-12-15(10-16(21-12)17(19)20)11-18-8-6-13-4-2-3-5-14(13)7-9-18/h2-5,10H,6-9,11H2,1H3,(H,19,20). The maximum atomic E-state index is 11.1. The van der Waals surface area contributed by atoms with Gasteiger partial charge < -0.3 is 5.11 Å². The maximum Gasteiger partial charge on any atom is 0.345 e. The van der Waals surface area contributed by atoms with Crippen molar-refractivity contribution < 1.29 is 9.90 Å². The van der Waals surface area contributed by atoms with E-state index in [1.165, 1.54) is 22.5 Å². The number of thiophene rings is 1. The second-order valence-corrected chi connectivity index (χ2v) is 6.80. The van der Waals surface area contributed by atoms with E-state index in [4.69, 9.17) is 5.11 Å². The van der Waals surface area contributed by atoms with Crippen molar-refractivity contribution in [2.24, 2.45) is 0 Å².